The number of halogens is 1. The number of aromatic nitrogens is 2. The first kappa shape index (κ1) is 26.8. The molecule has 0 fully saturated rings. The van der Waals surface area contributed by atoms with Gasteiger partial charge in [0, 0.05) is 18.2 Å². The van der Waals surface area contributed by atoms with E-state index >= 15 is 0 Å². The van der Waals surface area contributed by atoms with Gasteiger partial charge in [-0.05, 0) is 42.8 Å². The number of nitrogens with one attached hydrogen (secondary N) is 4. The van der Waals surface area contributed by atoms with Crippen LogP contribution in [0.4, 0.5) is 0 Å². The lowest BCUT2D eigenvalue weighted by Crippen LogP contribution is -2.53. The van der Waals surface area contributed by atoms with Gasteiger partial charge in [-0.15, -0.1) is 0 Å². The molecule has 1 atom stereocenters. The molecule has 3 aromatic rings. The third-order valence-corrected chi connectivity index (χ3v) is 5.23. The summed E-state index contributed by atoms with van der Waals surface area (Å²) in [6.07, 6.45) is 0. The lowest BCUT2D eigenvalue weighted by Gasteiger charge is -2.24. The predicted octanol–water partition coefficient (Wildman–Crippen LogP) is 0.613. The van der Waals surface area contributed by atoms with E-state index in [2.05, 4.69) is 15.7 Å². The molecule has 0 saturated heterocycles. The van der Waals surface area contributed by atoms with Crippen molar-refractivity contribution in [1.29, 1.82) is 0 Å². The van der Waals surface area contributed by atoms with Crippen molar-refractivity contribution in [3.05, 3.63) is 96.8 Å². The molecule has 37 heavy (non-hydrogen) atoms. The van der Waals surface area contributed by atoms with E-state index < -0.39 is 46.7 Å². The Labute approximate surface area is 212 Å². The fourth-order valence-electron chi connectivity index (χ4n) is 3.06. The first-order valence-electron chi connectivity index (χ1n) is 10.5. The third-order valence-electron chi connectivity index (χ3n) is 4.92. The normalized spacial score (nSPS) is 11.4. The predicted molar refractivity (Wildman–Crippen MR) is 129 cm³/mol. The number of aromatic hydroxyl groups is 1. The highest BCUT2D eigenvalue weighted by atomic mass is 35.5. The minimum atomic E-state index is -1.44. The SMILES string of the molecule is C[C@H](NN(C(=O)c1cc(=O)[nH]c(=O)[nH]1)C(=O)c1ccc(C(=O)NCc2cccc(O)c2)cc1Cl)C(=O)O. The van der Waals surface area contributed by atoms with Gasteiger partial charge in [0.15, 0.2) is 0 Å². The van der Waals surface area contributed by atoms with Crippen molar-refractivity contribution >= 4 is 35.3 Å². The number of carbonyl (C=O) groups is 4. The molecule has 6 N–H and O–H groups in total. The Morgan fingerprint density at radius 3 is 2.38 bits per heavy atom. The summed E-state index contributed by atoms with van der Waals surface area (Å²) < 4.78 is 0. The van der Waals surface area contributed by atoms with Crippen molar-refractivity contribution in [2.24, 2.45) is 0 Å². The van der Waals surface area contributed by atoms with Crippen molar-refractivity contribution in [2.75, 3.05) is 0 Å². The summed E-state index contributed by atoms with van der Waals surface area (Å²) in [5, 5.41) is 21.4. The molecule has 13 nitrogen and oxygen atoms in total. The maximum atomic E-state index is 13.2. The van der Waals surface area contributed by atoms with Gasteiger partial charge in [-0.1, -0.05) is 23.7 Å². The fraction of sp³-hybridized carbons (Fsp3) is 0.130. The summed E-state index contributed by atoms with van der Waals surface area (Å²) in [6.45, 7) is 1.25. The zero-order chi connectivity index (χ0) is 27.3. The Bertz CT molecular complexity index is 1470. The van der Waals surface area contributed by atoms with E-state index in [1.807, 2.05) is 4.98 Å². The average Bonchev–Trinajstić information content (AvgIpc) is 2.84. The van der Waals surface area contributed by atoms with E-state index in [-0.39, 0.29) is 28.4 Å². The van der Waals surface area contributed by atoms with Gasteiger partial charge in [0.1, 0.15) is 17.5 Å². The highest BCUT2D eigenvalue weighted by Crippen LogP contribution is 2.21. The van der Waals surface area contributed by atoms with Crippen LogP contribution in [0.5, 0.6) is 5.75 Å². The second-order valence-corrected chi connectivity index (χ2v) is 8.09. The van der Waals surface area contributed by atoms with E-state index in [9.17, 15) is 39.0 Å². The number of rotatable bonds is 8. The average molecular weight is 530 g/mol. The standard InChI is InChI=1S/C23H20ClN5O8/c1-11(22(35)36)28-29(21(34)17-9-18(31)27-23(37)26-17)20(33)15-6-5-13(8-16(15)24)19(32)25-10-12-3-2-4-14(30)7-12/h2-9,11,28,30H,10H2,1H3,(H,25,32)(H,35,36)(H2,26,27,31,37)/t11-/m0/s1. The molecule has 2 aromatic carbocycles. The minimum absolute atomic E-state index is 0.0340. The van der Waals surface area contributed by atoms with Gasteiger partial charge in [-0.3, -0.25) is 29.0 Å². The fourth-order valence-corrected chi connectivity index (χ4v) is 3.33. The van der Waals surface area contributed by atoms with Crippen LogP contribution < -0.4 is 22.0 Å². The Balaban J connectivity index is 1.87. The number of carbonyl (C=O) groups excluding carboxylic acids is 3. The van der Waals surface area contributed by atoms with Crippen molar-refractivity contribution in [3.63, 3.8) is 0 Å². The lowest BCUT2D eigenvalue weighted by atomic mass is 10.1. The van der Waals surface area contributed by atoms with E-state index in [1.165, 1.54) is 24.3 Å². The van der Waals surface area contributed by atoms with Crippen LogP contribution >= 0.6 is 11.6 Å². The smallest absolute Gasteiger partial charge is 0.326 e. The molecular weight excluding hydrogens is 510 g/mol. The van der Waals surface area contributed by atoms with Gasteiger partial charge in [0.25, 0.3) is 23.3 Å². The Morgan fingerprint density at radius 1 is 1.03 bits per heavy atom. The number of imide groups is 1. The molecule has 0 radical (unpaired) electrons. The maximum absolute atomic E-state index is 13.2. The maximum Gasteiger partial charge on any atom is 0.326 e. The number of hydrogen-bond donors (Lipinski definition) is 6. The number of H-pyrrole nitrogens is 2. The van der Waals surface area contributed by atoms with Crippen LogP contribution in [0, 0.1) is 0 Å². The van der Waals surface area contributed by atoms with E-state index in [4.69, 9.17) is 11.6 Å². The number of carboxylic acids is 1. The second kappa shape index (κ2) is 11.3. The van der Waals surface area contributed by atoms with Gasteiger partial charge in [0.05, 0.1) is 10.6 Å². The number of aromatic amines is 2. The highest BCUT2D eigenvalue weighted by molar-refractivity contribution is 6.34. The minimum Gasteiger partial charge on any atom is -0.508 e. The second-order valence-electron chi connectivity index (χ2n) is 7.68. The van der Waals surface area contributed by atoms with Crippen LogP contribution in [0.2, 0.25) is 5.02 Å². The van der Waals surface area contributed by atoms with Crippen LogP contribution in [-0.4, -0.2) is 54.9 Å². The molecular formula is C23H20ClN5O8. The van der Waals surface area contributed by atoms with Gasteiger partial charge >= 0.3 is 11.7 Å². The zero-order valence-corrected chi connectivity index (χ0v) is 19.8. The molecule has 0 aliphatic rings. The van der Waals surface area contributed by atoms with Gasteiger partial charge in [-0.2, -0.15) is 0 Å². The van der Waals surface area contributed by atoms with Crippen molar-refractivity contribution < 1.29 is 29.4 Å². The monoisotopic (exact) mass is 529 g/mol. The molecule has 1 aromatic heterocycles. The molecule has 1 heterocycles. The van der Waals surface area contributed by atoms with Gasteiger partial charge < -0.3 is 20.5 Å². The summed E-state index contributed by atoms with van der Waals surface area (Å²) in [5.74, 6) is -4.27. The zero-order valence-electron chi connectivity index (χ0n) is 19.1. The molecule has 0 saturated carbocycles. The summed E-state index contributed by atoms with van der Waals surface area (Å²) in [6, 6.07) is 9.12. The molecule has 192 valence electrons. The van der Waals surface area contributed by atoms with Crippen LogP contribution in [-0.2, 0) is 11.3 Å². The summed E-state index contributed by atoms with van der Waals surface area (Å²) >= 11 is 6.22. The van der Waals surface area contributed by atoms with E-state index in [1.54, 1.807) is 12.1 Å². The van der Waals surface area contributed by atoms with E-state index in [0.29, 0.717) is 10.6 Å². The highest BCUT2D eigenvalue weighted by Gasteiger charge is 2.30. The molecule has 0 spiro atoms. The molecule has 3 amide bonds. The number of aliphatic carboxylic acids is 1. The number of phenolic OH excluding ortho intramolecular Hbond substituents is 1. The van der Waals surface area contributed by atoms with Gasteiger partial charge in [0.2, 0.25) is 0 Å². The van der Waals surface area contributed by atoms with Crippen LogP contribution in [0.3, 0.4) is 0 Å². The van der Waals surface area contributed by atoms with Crippen LogP contribution in [0.25, 0.3) is 0 Å². The number of carboxylic acid groups (broad SMARTS) is 1. The summed E-state index contributed by atoms with van der Waals surface area (Å²) in [7, 11) is 0. The summed E-state index contributed by atoms with van der Waals surface area (Å²) in [4.78, 5) is 77.1. The molecule has 3 rings (SSSR count). The third kappa shape index (κ3) is 6.68. The summed E-state index contributed by atoms with van der Waals surface area (Å²) in [5.41, 5.74) is 0.0939. The van der Waals surface area contributed by atoms with Crippen LogP contribution in [0.1, 0.15) is 43.7 Å². The first-order valence-corrected chi connectivity index (χ1v) is 10.9. The largest absolute Gasteiger partial charge is 0.508 e. The molecule has 0 aliphatic heterocycles. The number of hydrogen-bond acceptors (Lipinski definition) is 8. The van der Waals surface area contributed by atoms with Crippen molar-refractivity contribution in [2.45, 2.75) is 19.5 Å². The quantitative estimate of drug-likeness (QED) is 0.178. The first-order chi connectivity index (χ1) is 17.5. The van der Waals surface area contributed by atoms with Crippen molar-refractivity contribution in [1.82, 2.24) is 25.7 Å². The van der Waals surface area contributed by atoms with E-state index in [0.717, 1.165) is 19.1 Å². The number of benzene rings is 2. The number of amides is 3. The van der Waals surface area contributed by atoms with Crippen LogP contribution in [0.15, 0.2) is 58.1 Å². The van der Waals surface area contributed by atoms with Crippen molar-refractivity contribution in [3.8, 4) is 5.75 Å². The Kier molecular flexibility index (Phi) is 8.22. The number of hydrazine groups is 1. The Hall–Kier alpha value is -4.75. The lowest BCUT2D eigenvalue weighted by molar-refractivity contribution is -0.139. The number of phenols is 1. The Morgan fingerprint density at radius 2 is 1.76 bits per heavy atom. The molecule has 0 bridgehead atoms. The molecule has 0 unspecified atom stereocenters. The van der Waals surface area contributed by atoms with Gasteiger partial charge in [-0.25, -0.2) is 15.2 Å². The molecule has 0 aliphatic carbocycles. The number of nitrogens with zero attached hydrogens (tertiary/aromatic N) is 1. The molecule has 14 heteroatoms. The topological polar surface area (TPSA) is 202 Å².